The Hall–Kier alpha value is -1.79. The minimum atomic E-state index is -1.81. The highest BCUT2D eigenvalue weighted by molar-refractivity contribution is 5.88. The quantitative estimate of drug-likeness (QED) is 0.0291. The summed E-state index contributed by atoms with van der Waals surface area (Å²) in [5.74, 6) is -3.26. The lowest BCUT2D eigenvalue weighted by molar-refractivity contribution is -0.280. The van der Waals surface area contributed by atoms with Gasteiger partial charge in [0.25, 0.3) is 0 Å². The van der Waals surface area contributed by atoms with Crippen LogP contribution >= 0.6 is 0 Å². The third kappa shape index (κ3) is 21.5. The van der Waals surface area contributed by atoms with Crippen molar-refractivity contribution in [3.05, 3.63) is 0 Å². The van der Waals surface area contributed by atoms with Crippen molar-refractivity contribution in [3.8, 4) is 0 Å². The van der Waals surface area contributed by atoms with Gasteiger partial charge in [-0.3, -0.25) is 19.3 Å². The fourth-order valence-electron chi connectivity index (χ4n) is 7.38. The van der Waals surface area contributed by atoms with Crippen LogP contribution in [0.5, 0.6) is 0 Å². The summed E-state index contributed by atoms with van der Waals surface area (Å²) in [5.41, 5.74) is 5.96. The van der Waals surface area contributed by atoms with Gasteiger partial charge in [-0.1, -0.05) is 175 Å². The minimum Gasteiger partial charge on any atom is -0.394 e. The molecule has 11 heteroatoms. The molecule has 1 aliphatic rings. The topological polar surface area (TPSA) is 174 Å². The largest absolute Gasteiger partial charge is 0.394 e. The molecule has 5 atom stereocenters. The maximum atomic E-state index is 14.0. The molecule has 54 heavy (non-hydrogen) atoms. The molecule has 7 N–H and O–H groups in total. The summed E-state index contributed by atoms with van der Waals surface area (Å²) in [5, 5.41) is 37.0. The van der Waals surface area contributed by atoms with Crippen LogP contribution in [0.2, 0.25) is 0 Å². The maximum absolute atomic E-state index is 14.0. The van der Waals surface area contributed by atoms with Crippen LogP contribution < -0.4 is 16.4 Å². The average molecular weight is 769 g/mol. The Morgan fingerprint density at radius 2 is 1.15 bits per heavy atom. The number of aliphatic hydroxyl groups is 3. The van der Waals surface area contributed by atoms with Gasteiger partial charge in [0.05, 0.1) is 25.3 Å². The lowest BCUT2D eigenvalue weighted by atomic mass is 9.96. The number of nitrogens with one attached hydrogen (secondary N) is 2. The van der Waals surface area contributed by atoms with Crippen LogP contribution in [-0.4, -0.2) is 87.8 Å². The molecular formula is C43H84N4O7. The standard InChI is InChI=1S/C43H84N4O7/c1-5-7-9-11-13-15-16-17-18-19-20-21-23-25-27-29-31-47(39(51)30-28-26-24-22-14-12-10-8-6-2)43(32-36(49)41(52)37(34-48)54-43)46-38(50)33-45-42(53)40(44)35(3)4/h35-37,40-41,48-49,52H,5-34,44H2,1-4H3,(H,45,53)(H,46,50)/t36-,37-,40+,41+,43+/m1/s1. The van der Waals surface area contributed by atoms with E-state index < -0.39 is 55.2 Å². The number of hydrogen-bond donors (Lipinski definition) is 6. The van der Waals surface area contributed by atoms with E-state index in [2.05, 4.69) is 24.5 Å². The molecule has 1 heterocycles. The Kier molecular flexibility index (Phi) is 29.1. The first-order chi connectivity index (χ1) is 26.0. The molecule has 0 radical (unpaired) electrons. The summed E-state index contributed by atoms with van der Waals surface area (Å²) >= 11 is 0. The highest BCUT2D eigenvalue weighted by Crippen LogP contribution is 2.32. The van der Waals surface area contributed by atoms with Gasteiger partial charge in [-0.15, -0.1) is 0 Å². The van der Waals surface area contributed by atoms with Gasteiger partial charge in [0, 0.05) is 19.4 Å². The maximum Gasteiger partial charge on any atom is 0.243 e. The smallest absolute Gasteiger partial charge is 0.243 e. The van der Waals surface area contributed by atoms with Crippen molar-refractivity contribution >= 4 is 17.7 Å². The molecule has 0 aromatic carbocycles. The van der Waals surface area contributed by atoms with E-state index in [1.54, 1.807) is 0 Å². The second-order valence-corrected chi connectivity index (χ2v) is 16.3. The van der Waals surface area contributed by atoms with Crippen LogP contribution in [0.1, 0.15) is 201 Å². The molecule has 0 bridgehead atoms. The monoisotopic (exact) mass is 769 g/mol. The number of amides is 3. The number of aliphatic hydroxyl groups excluding tert-OH is 3. The molecule has 0 aromatic rings. The van der Waals surface area contributed by atoms with E-state index >= 15 is 0 Å². The van der Waals surface area contributed by atoms with Crippen LogP contribution in [0.15, 0.2) is 0 Å². The predicted octanol–water partition coefficient (Wildman–Crippen LogP) is 7.37. The number of carbonyl (C=O) groups is 3. The molecule has 11 nitrogen and oxygen atoms in total. The molecule has 318 valence electrons. The van der Waals surface area contributed by atoms with E-state index in [0.29, 0.717) is 12.8 Å². The molecule has 0 spiro atoms. The Bertz CT molecular complexity index is 970. The van der Waals surface area contributed by atoms with Gasteiger partial charge in [0.15, 0.2) is 0 Å². The SMILES string of the molecule is CCCCCCCCCCCCCCCCCCN(C(=O)CCCCCCCCCCC)[C@@]1(NC(=O)CNC(=O)[C@@H](N)C(C)C)C[C@@H](O)[C@H](O)[C@@H](CO)O1. The zero-order valence-corrected chi connectivity index (χ0v) is 35.1. The highest BCUT2D eigenvalue weighted by Gasteiger charge is 2.52. The van der Waals surface area contributed by atoms with Gasteiger partial charge < -0.3 is 36.4 Å². The average Bonchev–Trinajstić information content (AvgIpc) is 3.15. The molecule has 0 unspecified atom stereocenters. The predicted molar refractivity (Wildman–Crippen MR) is 218 cm³/mol. The van der Waals surface area contributed by atoms with Crippen molar-refractivity contribution in [3.63, 3.8) is 0 Å². The van der Waals surface area contributed by atoms with E-state index in [1.165, 1.54) is 114 Å². The van der Waals surface area contributed by atoms with E-state index in [0.717, 1.165) is 38.5 Å². The van der Waals surface area contributed by atoms with Crippen LogP contribution in [0.25, 0.3) is 0 Å². The molecule has 0 aromatic heterocycles. The van der Waals surface area contributed by atoms with Gasteiger partial charge in [0.1, 0.15) is 12.2 Å². The van der Waals surface area contributed by atoms with Crippen molar-refractivity contribution in [2.75, 3.05) is 19.7 Å². The number of nitrogens with two attached hydrogens (primary N) is 1. The van der Waals surface area contributed by atoms with E-state index in [1.807, 2.05) is 13.8 Å². The summed E-state index contributed by atoms with van der Waals surface area (Å²) in [6, 6.07) is -0.794. The van der Waals surface area contributed by atoms with E-state index in [9.17, 15) is 29.7 Å². The van der Waals surface area contributed by atoms with Gasteiger partial charge >= 0.3 is 0 Å². The zero-order chi connectivity index (χ0) is 40.0. The number of ether oxygens (including phenoxy) is 1. The van der Waals surface area contributed by atoms with Crippen LogP contribution in [0, 0.1) is 5.92 Å². The van der Waals surface area contributed by atoms with Crippen molar-refractivity contribution in [1.82, 2.24) is 15.5 Å². The van der Waals surface area contributed by atoms with E-state index in [4.69, 9.17) is 10.5 Å². The second-order valence-electron chi connectivity index (χ2n) is 16.3. The molecule has 0 saturated carbocycles. The molecule has 1 rings (SSSR count). The first-order valence-electron chi connectivity index (χ1n) is 22.3. The van der Waals surface area contributed by atoms with E-state index in [-0.39, 0.29) is 31.2 Å². The van der Waals surface area contributed by atoms with Crippen LogP contribution in [0.3, 0.4) is 0 Å². The summed E-state index contributed by atoms with van der Waals surface area (Å²) < 4.78 is 6.20. The van der Waals surface area contributed by atoms with Crippen LogP contribution in [0.4, 0.5) is 0 Å². The Labute approximate surface area is 329 Å². The summed E-state index contributed by atoms with van der Waals surface area (Å²) in [4.78, 5) is 41.4. The lowest BCUT2D eigenvalue weighted by Gasteiger charge is -2.50. The van der Waals surface area contributed by atoms with Crippen molar-refractivity contribution in [1.29, 1.82) is 0 Å². The molecule has 1 fully saturated rings. The van der Waals surface area contributed by atoms with Gasteiger partial charge in [-0.25, -0.2) is 0 Å². The molecule has 0 aliphatic carbocycles. The fourth-order valence-corrected chi connectivity index (χ4v) is 7.38. The molecule has 1 saturated heterocycles. The summed E-state index contributed by atoms with van der Waals surface area (Å²) in [6.45, 7) is 7.35. The van der Waals surface area contributed by atoms with Crippen molar-refractivity contribution in [2.24, 2.45) is 11.7 Å². The zero-order valence-electron chi connectivity index (χ0n) is 35.1. The Balaban J connectivity index is 2.84. The van der Waals surface area contributed by atoms with Crippen molar-refractivity contribution < 1.29 is 34.4 Å². The summed E-state index contributed by atoms with van der Waals surface area (Å²) in [7, 11) is 0. The third-order valence-electron chi connectivity index (χ3n) is 11.0. The highest BCUT2D eigenvalue weighted by atomic mass is 16.6. The first-order valence-corrected chi connectivity index (χ1v) is 22.3. The molecular weight excluding hydrogens is 684 g/mol. The summed E-state index contributed by atoms with van der Waals surface area (Å²) in [6.07, 6.45) is 25.5. The number of nitrogens with zero attached hydrogens (tertiary/aromatic N) is 1. The van der Waals surface area contributed by atoms with Gasteiger partial charge in [-0.05, 0) is 18.8 Å². The lowest BCUT2D eigenvalue weighted by Crippen LogP contribution is -2.72. The normalized spacial score (nSPS) is 20.6. The fraction of sp³-hybridized carbons (Fsp3) is 0.930. The molecule has 1 aliphatic heterocycles. The number of rotatable bonds is 34. The van der Waals surface area contributed by atoms with Crippen LogP contribution in [-0.2, 0) is 19.1 Å². The molecule has 3 amide bonds. The second kappa shape index (κ2) is 31.3. The number of unbranched alkanes of at least 4 members (excludes halogenated alkanes) is 23. The van der Waals surface area contributed by atoms with Gasteiger partial charge in [0.2, 0.25) is 23.6 Å². The minimum absolute atomic E-state index is 0.128. The van der Waals surface area contributed by atoms with Crippen molar-refractivity contribution in [2.45, 2.75) is 231 Å². The first kappa shape index (κ1) is 50.2. The number of carbonyl (C=O) groups excluding carboxylic acids is 3. The number of hydrogen-bond acceptors (Lipinski definition) is 8. The Morgan fingerprint density at radius 3 is 1.57 bits per heavy atom. The Morgan fingerprint density at radius 1 is 0.722 bits per heavy atom. The van der Waals surface area contributed by atoms with Gasteiger partial charge in [-0.2, -0.15) is 0 Å². The third-order valence-corrected chi connectivity index (χ3v) is 11.0.